The fraction of sp³-hybridized carbons (Fsp3) is 0.316. The summed E-state index contributed by atoms with van der Waals surface area (Å²) in [4.78, 5) is 27.5. The van der Waals surface area contributed by atoms with Crippen LogP contribution in [0.3, 0.4) is 0 Å². The third-order valence-corrected chi connectivity index (χ3v) is 5.72. The number of imide groups is 1. The van der Waals surface area contributed by atoms with E-state index >= 15 is 0 Å². The maximum Gasteiger partial charge on any atom is 0.296 e. The van der Waals surface area contributed by atoms with Gasteiger partial charge in [0.05, 0.1) is 17.4 Å². The molecule has 2 amide bonds. The Kier molecular flexibility index (Phi) is 5.67. The quantitative estimate of drug-likeness (QED) is 0.599. The molecule has 7 nitrogen and oxygen atoms in total. The summed E-state index contributed by atoms with van der Waals surface area (Å²) < 4.78 is 29.4. The monoisotopic (exact) mass is 388 g/mol. The summed E-state index contributed by atoms with van der Waals surface area (Å²) in [5, 5.41) is 2.32. The van der Waals surface area contributed by atoms with Crippen molar-refractivity contribution >= 4 is 21.9 Å². The zero-order chi connectivity index (χ0) is 19.4. The number of amides is 2. The minimum Gasteiger partial charge on any atom is -0.296 e. The van der Waals surface area contributed by atoms with Crippen molar-refractivity contribution in [3.05, 3.63) is 59.4 Å². The summed E-state index contributed by atoms with van der Waals surface area (Å²) in [6.45, 7) is 1.85. The molecule has 2 aromatic rings. The molecule has 142 valence electrons. The molecule has 0 aliphatic carbocycles. The first-order valence-corrected chi connectivity index (χ1v) is 10.0. The van der Waals surface area contributed by atoms with Gasteiger partial charge in [-0.25, -0.2) is 0 Å². The van der Waals surface area contributed by atoms with Crippen LogP contribution in [0.2, 0.25) is 0 Å². The summed E-state index contributed by atoms with van der Waals surface area (Å²) >= 11 is 0. The van der Waals surface area contributed by atoms with E-state index in [-0.39, 0.29) is 29.2 Å². The van der Waals surface area contributed by atoms with Crippen LogP contribution in [0.4, 0.5) is 0 Å². The first-order chi connectivity index (χ1) is 12.8. The summed E-state index contributed by atoms with van der Waals surface area (Å²) in [6.07, 6.45) is 2.68. The first-order valence-electron chi connectivity index (χ1n) is 8.60. The molecule has 1 saturated heterocycles. The van der Waals surface area contributed by atoms with E-state index < -0.39 is 10.1 Å². The molecule has 3 rings (SSSR count). The van der Waals surface area contributed by atoms with E-state index in [9.17, 15) is 18.0 Å². The molecule has 8 heteroatoms. The van der Waals surface area contributed by atoms with Crippen LogP contribution in [0.15, 0.2) is 47.5 Å². The molecule has 1 aliphatic rings. The number of benzene rings is 1. The van der Waals surface area contributed by atoms with Crippen LogP contribution in [0, 0.1) is 6.92 Å². The molecule has 0 radical (unpaired) electrons. The van der Waals surface area contributed by atoms with E-state index in [0.717, 1.165) is 11.1 Å². The highest BCUT2D eigenvalue weighted by Gasteiger charge is 2.28. The van der Waals surface area contributed by atoms with E-state index in [1.807, 2.05) is 6.92 Å². The molecule has 1 atom stereocenters. The number of piperidine rings is 1. The normalized spacial score (nSPS) is 17.6. The van der Waals surface area contributed by atoms with Gasteiger partial charge in [-0.15, -0.1) is 0 Å². The van der Waals surface area contributed by atoms with Crippen molar-refractivity contribution in [1.82, 2.24) is 10.3 Å². The lowest BCUT2D eigenvalue weighted by molar-refractivity contribution is -0.134. The molecule has 1 unspecified atom stereocenters. The largest absolute Gasteiger partial charge is 0.296 e. The molecule has 1 aromatic carbocycles. The van der Waals surface area contributed by atoms with Crippen molar-refractivity contribution in [2.45, 2.75) is 37.0 Å². The average molecular weight is 388 g/mol. The van der Waals surface area contributed by atoms with Gasteiger partial charge >= 0.3 is 0 Å². The Morgan fingerprint density at radius 2 is 1.89 bits per heavy atom. The van der Waals surface area contributed by atoms with Gasteiger partial charge in [0, 0.05) is 24.7 Å². The second kappa shape index (κ2) is 7.98. The van der Waals surface area contributed by atoms with E-state index in [1.165, 1.54) is 12.1 Å². The average Bonchev–Trinajstić information content (AvgIpc) is 2.63. The molecule has 1 N–H and O–H groups in total. The number of carbonyl (C=O) groups excluding carboxylic acids is 2. The molecular formula is C19H20N2O5S. The SMILES string of the molecule is Cc1ccc(S(=O)(=O)OCCc2ccc(C3CCC(=O)NC3=O)cn2)cc1. The standard InChI is InChI=1S/C19H20N2O5S/c1-13-2-6-16(7-3-13)27(24,25)26-11-10-15-5-4-14(12-20-15)17-8-9-18(22)21-19(17)23/h2-7,12,17H,8-11H2,1H3,(H,21,22,23). The molecule has 0 saturated carbocycles. The third kappa shape index (κ3) is 4.78. The second-order valence-electron chi connectivity index (χ2n) is 6.43. The van der Waals surface area contributed by atoms with Crippen molar-refractivity contribution in [2.24, 2.45) is 0 Å². The smallest absolute Gasteiger partial charge is 0.296 e. The van der Waals surface area contributed by atoms with Crippen molar-refractivity contribution in [2.75, 3.05) is 6.61 Å². The lowest BCUT2D eigenvalue weighted by Gasteiger charge is -2.20. The highest BCUT2D eigenvalue weighted by molar-refractivity contribution is 7.86. The van der Waals surface area contributed by atoms with Gasteiger partial charge in [-0.05, 0) is 37.1 Å². The number of pyridine rings is 1. The minimum atomic E-state index is -3.80. The van der Waals surface area contributed by atoms with Gasteiger partial charge < -0.3 is 0 Å². The van der Waals surface area contributed by atoms with Crippen molar-refractivity contribution in [3.8, 4) is 0 Å². The molecule has 1 fully saturated rings. The van der Waals surface area contributed by atoms with E-state index in [0.29, 0.717) is 25.0 Å². The van der Waals surface area contributed by atoms with Crippen molar-refractivity contribution in [1.29, 1.82) is 0 Å². The number of hydrogen-bond donors (Lipinski definition) is 1. The Hall–Kier alpha value is -2.58. The highest BCUT2D eigenvalue weighted by Crippen LogP contribution is 2.24. The maximum atomic E-state index is 12.1. The highest BCUT2D eigenvalue weighted by atomic mass is 32.2. The van der Waals surface area contributed by atoms with Gasteiger partial charge in [0.1, 0.15) is 0 Å². The minimum absolute atomic E-state index is 0.0268. The third-order valence-electron chi connectivity index (χ3n) is 4.40. The Morgan fingerprint density at radius 1 is 1.15 bits per heavy atom. The summed E-state index contributed by atoms with van der Waals surface area (Å²) in [5.41, 5.74) is 2.36. The zero-order valence-electron chi connectivity index (χ0n) is 14.8. The molecule has 0 bridgehead atoms. The Bertz CT molecular complexity index is 937. The van der Waals surface area contributed by atoms with Crippen LogP contribution >= 0.6 is 0 Å². The van der Waals surface area contributed by atoms with Crippen LogP contribution in [-0.2, 0) is 30.3 Å². The summed E-state index contributed by atoms with van der Waals surface area (Å²) in [6, 6.07) is 9.96. The van der Waals surface area contributed by atoms with E-state index in [4.69, 9.17) is 4.18 Å². The van der Waals surface area contributed by atoms with Gasteiger partial charge in [0.15, 0.2) is 0 Å². The second-order valence-corrected chi connectivity index (χ2v) is 8.04. The Balaban J connectivity index is 1.56. The number of hydrogen-bond acceptors (Lipinski definition) is 6. The van der Waals surface area contributed by atoms with Gasteiger partial charge in [0.25, 0.3) is 10.1 Å². The molecule has 2 heterocycles. The summed E-state index contributed by atoms with van der Waals surface area (Å²) in [7, 11) is -3.80. The summed E-state index contributed by atoms with van der Waals surface area (Å²) in [5.74, 6) is -0.955. The molecular weight excluding hydrogens is 368 g/mol. The van der Waals surface area contributed by atoms with Gasteiger partial charge in [0.2, 0.25) is 11.8 Å². The zero-order valence-corrected chi connectivity index (χ0v) is 15.7. The topological polar surface area (TPSA) is 102 Å². The molecule has 1 aromatic heterocycles. The first kappa shape index (κ1) is 19.2. The number of carbonyl (C=O) groups is 2. The lowest BCUT2D eigenvalue weighted by atomic mass is 9.91. The van der Waals surface area contributed by atoms with Crippen LogP contribution in [0.5, 0.6) is 0 Å². The number of nitrogens with one attached hydrogen (secondary N) is 1. The number of aromatic nitrogens is 1. The number of aryl methyl sites for hydroxylation is 1. The maximum absolute atomic E-state index is 12.1. The molecule has 1 aliphatic heterocycles. The lowest BCUT2D eigenvalue weighted by Crippen LogP contribution is -2.39. The Morgan fingerprint density at radius 3 is 2.52 bits per heavy atom. The number of rotatable bonds is 6. The van der Waals surface area contributed by atoms with Crippen LogP contribution in [0.1, 0.15) is 35.6 Å². The van der Waals surface area contributed by atoms with Crippen molar-refractivity contribution < 1.29 is 22.2 Å². The van der Waals surface area contributed by atoms with Crippen molar-refractivity contribution in [3.63, 3.8) is 0 Å². The Labute approximate surface area is 157 Å². The van der Waals surface area contributed by atoms with Gasteiger partial charge in [-0.3, -0.25) is 24.1 Å². The van der Waals surface area contributed by atoms with E-state index in [2.05, 4.69) is 10.3 Å². The predicted molar refractivity (Wildman–Crippen MR) is 97.4 cm³/mol. The fourth-order valence-corrected chi connectivity index (χ4v) is 3.74. The fourth-order valence-electron chi connectivity index (χ4n) is 2.83. The number of nitrogens with zero attached hydrogens (tertiary/aromatic N) is 1. The van der Waals surface area contributed by atoms with Gasteiger partial charge in [-0.1, -0.05) is 23.8 Å². The van der Waals surface area contributed by atoms with E-state index in [1.54, 1.807) is 30.5 Å². The molecule has 0 spiro atoms. The van der Waals surface area contributed by atoms with Crippen LogP contribution < -0.4 is 5.32 Å². The predicted octanol–water partition coefficient (Wildman–Crippen LogP) is 1.86. The molecule has 27 heavy (non-hydrogen) atoms. The van der Waals surface area contributed by atoms with Crippen LogP contribution in [0.25, 0.3) is 0 Å². The van der Waals surface area contributed by atoms with Crippen LogP contribution in [-0.4, -0.2) is 31.8 Å². The van der Waals surface area contributed by atoms with Gasteiger partial charge in [-0.2, -0.15) is 8.42 Å².